The van der Waals surface area contributed by atoms with Gasteiger partial charge in [0.1, 0.15) is 5.69 Å². The maximum atomic E-state index is 12.2. The minimum absolute atomic E-state index is 0.126. The number of hydrogen-bond acceptors (Lipinski definition) is 4. The number of aryl methyl sites for hydroxylation is 1. The molecule has 2 N–H and O–H groups in total. The van der Waals surface area contributed by atoms with Crippen LogP contribution in [0.4, 0.5) is 5.69 Å². The number of amides is 1. The van der Waals surface area contributed by atoms with Gasteiger partial charge in [0.05, 0.1) is 0 Å². The molecular formula is C19H26N4O. The molecule has 2 rings (SSSR count). The van der Waals surface area contributed by atoms with E-state index in [0.717, 1.165) is 31.6 Å². The van der Waals surface area contributed by atoms with Crippen LogP contribution < -0.4 is 10.6 Å². The Morgan fingerprint density at radius 3 is 2.67 bits per heavy atom. The summed E-state index contributed by atoms with van der Waals surface area (Å²) in [5.74, 6) is -0.126. The Bertz CT molecular complexity index is 628. The highest BCUT2D eigenvalue weighted by atomic mass is 16.1. The van der Waals surface area contributed by atoms with Crippen molar-refractivity contribution in [2.24, 2.45) is 0 Å². The summed E-state index contributed by atoms with van der Waals surface area (Å²) in [7, 11) is 4.06. The molecule has 0 fully saturated rings. The van der Waals surface area contributed by atoms with Gasteiger partial charge in [-0.05, 0) is 44.6 Å². The number of nitrogens with zero attached hydrogens (tertiary/aromatic N) is 2. The molecule has 0 aliphatic rings. The zero-order chi connectivity index (χ0) is 17.2. The molecule has 0 atom stereocenters. The summed E-state index contributed by atoms with van der Waals surface area (Å²) >= 11 is 0. The molecule has 5 heteroatoms. The molecule has 0 saturated carbocycles. The highest BCUT2D eigenvalue weighted by Crippen LogP contribution is 2.08. The lowest BCUT2D eigenvalue weighted by Gasteiger charge is -2.12. The average molecular weight is 326 g/mol. The first-order chi connectivity index (χ1) is 11.6. The Labute approximate surface area is 144 Å². The van der Waals surface area contributed by atoms with Crippen molar-refractivity contribution in [3.63, 3.8) is 0 Å². The first-order valence-corrected chi connectivity index (χ1v) is 8.32. The number of rotatable bonds is 9. The lowest BCUT2D eigenvalue weighted by atomic mass is 10.1. The van der Waals surface area contributed by atoms with Gasteiger partial charge < -0.3 is 15.5 Å². The van der Waals surface area contributed by atoms with Crippen molar-refractivity contribution in [2.45, 2.75) is 12.8 Å². The summed E-state index contributed by atoms with van der Waals surface area (Å²) in [6, 6.07) is 14.0. The lowest BCUT2D eigenvalue weighted by Crippen LogP contribution is -2.26. The van der Waals surface area contributed by atoms with Gasteiger partial charge in [0, 0.05) is 31.5 Å². The topological polar surface area (TPSA) is 57.3 Å². The molecule has 0 radical (unpaired) electrons. The minimum Gasteiger partial charge on any atom is -0.384 e. The van der Waals surface area contributed by atoms with Crippen molar-refractivity contribution in [3.8, 4) is 0 Å². The van der Waals surface area contributed by atoms with Crippen LogP contribution >= 0.6 is 0 Å². The van der Waals surface area contributed by atoms with Gasteiger partial charge in [-0.1, -0.05) is 30.3 Å². The monoisotopic (exact) mass is 326 g/mol. The van der Waals surface area contributed by atoms with Gasteiger partial charge in [0.15, 0.2) is 0 Å². The second kappa shape index (κ2) is 9.67. The van der Waals surface area contributed by atoms with E-state index in [1.807, 2.05) is 38.4 Å². The number of nitrogens with one attached hydrogen (secondary N) is 2. The number of likely N-dealkylation sites (N-methyl/N-ethyl adjacent to an activating group) is 1. The number of pyridine rings is 1. The van der Waals surface area contributed by atoms with Crippen LogP contribution in [-0.4, -0.2) is 49.5 Å². The van der Waals surface area contributed by atoms with Crippen LogP contribution in [0.1, 0.15) is 22.5 Å². The van der Waals surface area contributed by atoms with E-state index >= 15 is 0 Å². The molecule has 0 aliphatic heterocycles. The first kappa shape index (κ1) is 17.9. The van der Waals surface area contributed by atoms with Gasteiger partial charge in [-0.2, -0.15) is 0 Å². The van der Waals surface area contributed by atoms with E-state index < -0.39 is 0 Å². The second-order valence-electron chi connectivity index (χ2n) is 6.00. The highest BCUT2D eigenvalue weighted by molar-refractivity contribution is 5.93. The summed E-state index contributed by atoms with van der Waals surface area (Å²) in [6.45, 7) is 2.41. The molecule has 0 bridgehead atoms. The van der Waals surface area contributed by atoms with Crippen LogP contribution in [0.3, 0.4) is 0 Å². The Balaban J connectivity index is 1.75. The van der Waals surface area contributed by atoms with Gasteiger partial charge >= 0.3 is 0 Å². The number of anilines is 1. The Morgan fingerprint density at radius 2 is 1.92 bits per heavy atom. The Hall–Kier alpha value is -2.40. The van der Waals surface area contributed by atoms with E-state index in [2.05, 4.69) is 32.7 Å². The van der Waals surface area contributed by atoms with Gasteiger partial charge in [0.2, 0.25) is 0 Å². The number of carbonyl (C=O) groups excluding carboxylic acids is 1. The summed E-state index contributed by atoms with van der Waals surface area (Å²) < 4.78 is 0. The highest BCUT2D eigenvalue weighted by Gasteiger charge is 2.07. The molecule has 5 nitrogen and oxygen atoms in total. The minimum atomic E-state index is -0.126. The number of benzene rings is 1. The fourth-order valence-electron chi connectivity index (χ4n) is 2.32. The first-order valence-electron chi connectivity index (χ1n) is 8.32. The molecule has 2 aromatic rings. The third-order valence-electron chi connectivity index (χ3n) is 3.65. The van der Waals surface area contributed by atoms with Gasteiger partial charge in [-0.3, -0.25) is 9.78 Å². The van der Waals surface area contributed by atoms with Crippen LogP contribution in [0.25, 0.3) is 0 Å². The van der Waals surface area contributed by atoms with Crippen molar-refractivity contribution in [1.29, 1.82) is 0 Å². The molecule has 24 heavy (non-hydrogen) atoms. The zero-order valence-corrected chi connectivity index (χ0v) is 14.5. The summed E-state index contributed by atoms with van der Waals surface area (Å²) in [4.78, 5) is 18.4. The third-order valence-corrected chi connectivity index (χ3v) is 3.65. The van der Waals surface area contributed by atoms with E-state index in [0.29, 0.717) is 12.2 Å². The van der Waals surface area contributed by atoms with Gasteiger partial charge in [0.25, 0.3) is 5.91 Å². The molecule has 0 aliphatic carbocycles. The van der Waals surface area contributed by atoms with Crippen LogP contribution in [0.15, 0.2) is 48.7 Å². The number of carbonyl (C=O) groups is 1. The van der Waals surface area contributed by atoms with E-state index in [1.165, 1.54) is 5.56 Å². The molecule has 1 aromatic carbocycles. The molecule has 128 valence electrons. The molecule has 0 unspecified atom stereocenters. The van der Waals surface area contributed by atoms with Crippen molar-refractivity contribution >= 4 is 11.6 Å². The van der Waals surface area contributed by atoms with E-state index in [4.69, 9.17) is 0 Å². The van der Waals surface area contributed by atoms with E-state index in [1.54, 1.807) is 12.3 Å². The summed E-state index contributed by atoms with van der Waals surface area (Å²) in [5.41, 5.74) is 2.66. The number of hydrogen-bond donors (Lipinski definition) is 2. The average Bonchev–Trinajstić information content (AvgIpc) is 2.59. The van der Waals surface area contributed by atoms with Crippen LogP contribution in [0.5, 0.6) is 0 Å². The summed E-state index contributed by atoms with van der Waals surface area (Å²) in [5, 5.41) is 6.23. The fourth-order valence-corrected chi connectivity index (χ4v) is 2.32. The van der Waals surface area contributed by atoms with Gasteiger partial charge in [-0.25, -0.2) is 0 Å². The molecule has 0 spiro atoms. The maximum absolute atomic E-state index is 12.2. The predicted molar refractivity (Wildman–Crippen MR) is 98.4 cm³/mol. The van der Waals surface area contributed by atoms with Crippen molar-refractivity contribution < 1.29 is 4.79 Å². The largest absolute Gasteiger partial charge is 0.384 e. The van der Waals surface area contributed by atoms with E-state index in [9.17, 15) is 4.79 Å². The normalized spacial score (nSPS) is 10.6. The maximum Gasteiger partial charge on any atom is 0.269 e. The SMILES string of the molecule is CN(C)CCNc1ccnc(C(=O)NCCCc2ccccc2)c1. The lowest BCUT2D eigenvalue weighted by molar-refractivity contribution is 0.0948. The smallest absolute Gasteiger partial charge is 0.269 e. The van der Waals surface area contributed by atoms with Crippen molar-refractivity contribution in [1.82, 2.24) is 15.2 Å². The fraction of sp³-hybridized carbons (Fsp3) is 0.368. The van der Waals surface area contributed by atoms with Gasteiger partial charge in [-0.15, -0.1) is 0 Å². The van der Waals surface area contributed by atoms with Crippen LogP contribution in [0, 0.1) is 0 Å². The third kappa shape index (κ3) is 6.38. The molecule has 0 saturated heterocycles. The standard InChI is InChI=1S/C19H26N4O/c1-23(2)14-13-20-17-10-12-21-18(15-17)19(24)22-11-6-9-16-7-4-3-5-8-16/h3-5,7-8,10,12,15H,6,9,11,13-14H2,1-2H3,(H,20,21)(H,22,24). The number of aromatic nitrogens is 1. The molecule has 1 amide bonds. The van der Waals surface area contributed by atoms with E-state index in [-0.39, 0.29) is 5.91 Å². The Kier molecular flexibility index (Phi) is 7.23. The van der Waals surface area contributed by atoms with Crippen molar-refractivity contribution in [3.05, 3.63) is 59.9 Å². The molecule has 1 heterocycles. The van der Waals surface area contributed by atoms with Crippen LogP contribution in [-0.2, 0) is 6.42 Å². The second-order valence-corrected chi connectivity index (χ2v) is 6.00. The zero-order valence-electron chi connectivity index (χ0n) is 14.5. The van der Waals surface area contributed by atoms with Crippen molar-refractivity contribution in [2.75, 3.05) is 39.0 Å². The quantitative estimate of drug-likeness (QED) is 0.695. The van der Waals surface area contributed by atoms with Crippen LogP contribution in [0.2, 0.25) is 0 Å². The Morgan fingerprint density at radius 1 is 1.12 bits per heavy atom. The molecule has 1 aromatic heterocycles. The predicted octanol–water partition coefficient (Wildman–Crippen LogP) is 2.42. The molecular weight excluding hydrogens is 300 g/mol. The summed E-state index contributed by atoms with van der Waals surface area (Å²) in [6.07, 6.45) is 3.54.